The molecule has 1 saturated heterocycles. The van der Waals surface area contributed by atoms with Crippen LogP contribution in [0.25, 0.3) is 21.3 Å². The molecule has 3 heterocycles. The fourth-order valence-corrected chi connectivity index (χ4v) is 5.32. The molecule has 1 amide bonds. The summed E-state index contributed by atoms with van der Waals surface area (Å²) in [6, 6.07) is 5.38. The van der Waals surface area contributed by atoms with E-state index in [4.69, 9.17) is 14.8 Å². The quantitative estimate of drug-likeness (QED) is 0.103. The molecule has 0 radical (unpaired) electrons. The number of ether oxygens (including phenoxy) is 1. The fourth-order valence-electron chi connectivity index (χ4n) is 4.32. The molecule has 5 atom stereocenters. The summed E-state index contributed by atoms with van der Waals surface area (Å²) in [5.41, 5.74) is 9.50. The number of benzene rings is 1. The van der Waals surface area contributed by atoms with Gasteiger partial charge in [-0.3, -0.25) is 23.7 Å². The van der Waals surface area contributed by atoms with Crippen molar-refractivity contribution in [2.45, 2.75) is 44.2 Å². The van der Waals surface area contributed by atoms with E-state index in [1.807, 2.05) is 24.3 Å². The number of nitrogens with one attached hydrogen (secondary N) is 4. The molecule has 39 heavy (non-hydrogen) atoms. The monoisotopic (exact) mass is 563 g/mol. The number of para-hydroxylation sites is 1. The van der Waals surface area contributed by atoms with Crippen molar-refractivity contribution < 1.29 is 23.5 Å². The third kappa shape index (κ3) is 6.82. The molecule has 0 aliphatic carbocycles. The number of fused-ring (bicyclic) bond motifs is 1. The molecule has 0 bridgehead atoms. The van der Waals surface area contributed by atoms with Gasteiger partial charge >= 0.3 is 5.69 Å². The van der Waals surface area contributed by atoms with Gasteiger partial charge in [-0.2, -0.15) is 0 Å². The van der Waals surface area contributed by atoms with Crippen molar-refractivity contribution in [1.82, 2.24) is 31.1 Å². The van der Waals surface area contributed by atoms with Crippen molar-refractivity contribution in [3.05, 3.63) is 79.1 Å². The normalized spacial score (nSPS) is 20.9. The summed E-state index contributed by atoms with van der Waals surface area (Å²) in [4.78, 5) is 57.2. The lowest BCUT2D eigenvalue weighted by molar-refractivity contribution is -0.206. The molecule has 1 aromatic carbocycles. The van der Waals surface area contributed by atoms with Gasteiger partial charge in [0, 0.05) is 47.2 Å². The van der Waals surface area contributed by atoms with Gasteiger partial charge in [-0.1, -0.05) is 23.3 Å². The molecule has 16 nitrogen and oxygen atoms in total. The topological polar surface area (TPSA) is 256 Å². The second-order valence-electron chi connectivity index (χ2n) is 8.77. The van der Waals surface area contributed by atoms with Gasteiger partial charge in [-0.15, -0.1) is 0 Å². The van der Waals surface area contributed by atoms with E-state index in [-0.39, 0.29) is 24.6 Å². The van der Waals surface area contributed by atoms with E-state index in [0.29, 0.717) is 0 Å². The highest BCUT2D eigenvalue weighted by molar-refractivity contribution is 7.49. The number of hydrogen-bond acceptors (Lipinski definition) is 8. The average molecular weight is 564 g/mol. The van der Waals surface area contributed by atoms with Crippen molar-refractivity contribution >= 4 is 24.6 Å². The summed E-state index contributed by atoms with van der Waals surface area (Å²) in [7, 11) is -3.42. The number of hydrogen-bond donors (Lipinski definition) is 5. The number of amides is 1. The molecule has 2 aromatic heterocycles. The van der Waals surface area contributed by atoms with Crippen LogP contribution in [0, 0.1) is 6.92 Å². The minimum Gasteiger partial charge on any atom is -0.766 e. The summed E-state index contributed by atoms with van der Waals surface area (Å²) in [6.45, 7) is 0.965. The van der Waals surface area contributed by atoms with Crippen molar-refractivity contribution in [2.24, 2.45) is 5.11 Å². The van der Waals surface area contributed by atoms with Crippen LogP contribution in [0.4, 0.5) is 0 Å². The number of aromatic nitrogens is 3. The summed E-state index contributed by atoms with van der Waals surface area (Å²) in [5.74, 6) is -0.563. The molecule has 0 saturated carbocycles. The number of carbonyl (C=O) groups excluding carboxylic acids is 1. The molecule has 210 valence electrons. The highest BCUT2D eigenvalue weighted by Gasteiger charge is 2.37. The van der Waals surface area contributed by atoms with Crippen molar-refractivity contribution in [1.29, 1.82) is 0 Å². The van der Waals surface area contributed by atoms with Crippen LogP contribution in [0.1, 0.15) is 23.8 Å². The Balaban J connectivity index is 0.00000420. The number of likely N-dealkylation sites (N-methyl/N-ethyl adjacent to an activating group) is 1. The SMILES string of the molecule is CNC(=O)[C@H](Cc1c[nH]c2ccccc12)NP(=O)([O-])OC[C@H]1O[C@@H](n2cc(C)c(=O)[nH]c2=O)C[C@@H]1N=[N+]=[N-].[NH4+]. The number of nitrogens with zero attached hydrogens (tertiary/aromatic N) is 4. The standard InChI is InChI=1S/C22H27N8O7P.H3N/c1-12-10-30(22(33)26-20(12)31)19-8-16(27-29-23)18(37-19)11-36-38(34,35)28-17(21(32)24-2)7-13-9-25-15-6-4-3-5-14(13)15;/h3-6,9-10,16-19,25H,7-8,11H2,1-2H3,(H,24,32)(H,26,31,33)(H2,28,34,35);1H3/t16-,17-,18+,19+;/m0./s1. The number of azide groups is 1. The second kappa shape index (κ2) is 12.4. The molecule has 1 fully saturated rings. The number of aromatic amines is 2. The van der Waals surface area contributed by atoms with Crippen LogP contribution in [-0.2, 0) is 25.0 Å². The molecule has 4 rings (SSSR count). The molecule has 8 N–H and O–H groups in total. The highest BCUT2D eigenvalue weighted by atomic mass is 31.2. The molecule has 1 aliphatic rings. The van der Waals surface area contributed by atoms with Crippen LogP contribution in [0.15, 0.2) is 51.4 Å². The van der Waals surface area contributed by atoms with Crippen molar-refractivity contribution in [2.75, 3.05) is 13.7 Å². The van der Waals surface area contributed by atoms with Crippen molar-refractivity contribution in [3.63, 3.8) is 0 Å². The number of quaternary nitrogens is 1. The molecule has 0 spiro atoms. The average Bonchev–Trinajstić information content (AvgIpc) is 3.48. The summed E-state index contributed by atoms with van der Waals surface area (Å²) >= 11 is 0. The van der Waals surface area contributed by atoms with E-state index < -0.39 is 55.9 Å². The Morgan fingerprint density at radius 1 is 1.41 bits per heavy atom. The Morgan fingerprint density at radius 3 is 2.87 bits per heavy atom. The summed E-state index contributed by atoms with van der Waals surface area (Å²) in [6.07, 6.45) is 1.16. The second-order valence-corrected chi connectivity index (χ2v) is 10.3. The summed E-state index contributed by atoms with van der Waals surface area (Å²) in [5, 5.41) is 9.21. The first kappa shape index (κ1) is 29.8. The lowest BCUT2D eigenvalue weighted by atomic mass is 10.1. The van der Waals surface area contributed by atoms with E-state index in [1.54, 1.807) is 6.20 Å². The minimum atomic E-state index is -4.81. The maximum Gasteiger partial charge on any atom is 0.330 e. The minimum absolute atomic E-state index is 0. The predicted molar refractivity (Wildman–Crippen MR) is 140 cm³/mol. The molecule has 1 unspecified atom stereocenters. The van der Waals surface area contributed by atoms with Gasteiger partial charge in [-0.25, -0.2) is 9.88 Å². The fraction of sp³-hybridized carbons (Fsp3) is 0.409. The Labute approximate surface area is 221 Å². The third-order valence-corrected chi connectivity index (χ3v) is 7.36. The number of aryl methyl sites for hydroxylation is 1. The highest BCUT2D eigenvalue weighted by Crippen LogP contribution is 2.37. The summed E-state index contributed by atoms with van der Waals surface area (Å²) < 4.78 is 24.8. The van der Waals surface area contributed by atoms with E-state index in [9.17, 15) is 23.8 Å². The van der Waals surface area contributed by atoms with Crippen molar-refractivity contribution in [3.8, 4) is 0 Å². The van der Waals surface area contributed by atoms with Gasteiger partial charge < -0.3 is 30.6 Å². The van der Waals surface area contributed by atoms with Crippen LogP contribution < -0.4 is 32.7 Å². The zero-order valence-electron chi connectivity index (χ0n) is 21.5. The van der Waals surface area contributed by atoms with E-state index in [2.05, 4.69) is 30.4 Å². The molecule has 3 aromatic rings. The van der Waals surface area contributed by atoms with Crippen LogP contribution in [0.5, 0.6) is 0 Å². The lowest BCUT2D eigenvalue weighted by Gasteiger charge is -2.30. The molecule has 1 aliphatic heterocycles. The third-order valence-electron chi connectivity index (χ3n) is 6.24. The van der Waals surface area contributed by atoms with E-state index in [0.717, 1.165) is 21.0 Å². The number of carbonyl (C=O) groups is 1. The van der Waals surface area contributed by atoms with Gasteiger partial charge in [-0.05, 0) is 30.5 Å². The first-order valence-electron chi connectivity index (χ1n) is 11.6. The lowest BCUT2D eigenvalue weighted by Crippen LogP contribution is -2.45. The van der Waals surface area contributed by atoms with Gasteiger partial charge in [0.15, 0.2) is 0 Å². The Kier molecular flexibility index (Phi) is 9.48. The first-order valence-corrected chi connectivity index (χ1v) is 13.2. The smallest absolute Gasteiger partial charge is 0.330 e. The molecular formula is C22H30N9O7P. The molecular weight excluding hydrogens is 533 g/mol. The van der Waals surface area contributed by atoms with Gasteiger partial charge in [0.25, 0.3) is 5.56 Å². The first-order chi connectivity index (χ1) is 18.1. The molecule has 17 heteroatoms. The van der Waals surface area contributed by atoms with Gasteiger partial charge in [0.1, 0.15) is 6.23 Å². The Bertz CT molecular complexity index is 1540. The van der Waals surface area contributed by atoms with E-state index >= 15 is 0 Å². The Morgan fingerprint density at radius 2 is 2.15 bits per heavy atom. The van der Waals surface area contributed by atoms with Crippen LogP contribution >= 0.6 is 7.75 Å². The zero-order chi connectivity index (χ0) is 27.4. The Hall–Kier alpha value is -3.75. The van der Waals surface area contributed by atoms with E-state index in [1.165, 1.54) is 20.2 Å². The van der Waals surface area contributed by atoms with Crippen LogP contribution in [0.2, 0.25) is 0 Å². The van der Waals surface area contributed by atoms with Gasteiger partial charge in [0.2, 0.25) is 13.7 Å². The van der Waals surface area contributed by atoms with Crippen LogP contribution in [0.3, 0.4) is 0 Å². The number of rotatable bonds is 10. The number of H-pyrrole nitrogens is 2. The maximum atomic E-state index is 12.8. The zero-order valence-corrected chi connectivity index (χ0v) is 22.4. The largest absolute Gasteiger partial charge is 0.766 e. The predicted octanol–water partition coefficient (Wildman–Crippen LogP) is 1.10. The maximum absolute atomic E-state index is 12.8. The van der Waals surface area contributed by atoms with Gasteiger partial charge in [0.05, 0.1) is 24.8 Å². The van der Waals surface area contributed by atoms with Crippen LogP contribution in [-0.4, -0.2) is 52.3 Å².